The van der Waals surface area contributed by atoms with Gasteiger partial charge in [-0.2, -0.15) is 4.31 Å². The van der Waals surface area contributed by atoms with Crippen LogP contribution in [0.25, 0.3) is 0 Å². The molecule has 3 aromatic rings. The van der Waals surface area contributed by atoms with Crippen LogP contribution < -0.4 is 10.6 Å². The van der Waals surface area contributed by atoms with Crippen molar-refractivity contribution in [1.29, 1.82) is 0 Å². The molecule has 0 heterocycles. The Morgan fingerprint density at radius 2 is 1.40 bits per heavy atom. The number of benzene rings is 3. The summed E-state index contributed by atoms with van der Waals surface area (Å²) in [4.78, 5) is 25.9. The van der Waals surface area contributed by atoms with Crippen molar-refractivity contribution < 1.29 is 18.0 Å². The maximum Gasteiger partial charge on any atom is 0.255 e. The minimum atomic E-state index is -3.64. The first kappa shape index (κ1) is 26.1. The molecule has 3 aromatic carbocycles. The van der Waals surface area contributed by atoms with E-state index in [-0.39, 0.29) is 11.3 Å². The molecule has 0 saturated carbocycles. The minimum Gasteiger partial charge on any atom is -0.324 e. The summed E-state index contributed by atoms with van der Waals surface area (Å²) in [6.45, 7) is 6.33. The van der Waals surface area contributed by atoms with Crippen LogP contribution in [0.5, 0.6) is 0 Å². The standard InChI is InChI=1S/C27H31N3O4S/c1-27(2,3)21-16-14-20(15-17-21)25(31)28-22-12-9-13-23(18-22)29-26(32)24(30(4)35(5,33)34)19-10-7-6-8-11-19/h6-18,24H,1-5H3,(H,28,31)(H,29,32)/t24-/m0/s1. The third-order valence-corrected chi connectivity index (χ3v) is 6.91. The molecule has 0 aliphatic heterocycles. The smallest absolute Gasteiger partial charge is 0.255 e. The first-order valence-electron chi connectivity index (χ1n) is 11.2. The van der Waals surface area contributed by atoms with Gasteiger partial charge < -0.3 is 10.6 Å². The number of rotatable bonds is 7. The van der Waals surface area contributed by atoms with Crippen molar-refractivity contribution in [2.75, 3.05) is 23.9 Å². The highest BCUT2D eigenvalue weighted by Gasteiger charge is 2.30. The normalized spacial score (nSPS) is 12.7. The maximum atomic E-state index is 13.2. The molecule has 0 unspecified atom stereocenters. The average Bonchev–Trinajstić information content (AvgIpc) is 2.79. The summed E-state index contributed by atoms with van der Waals surface area (Å²) in [7, 11) is -2.27. The summed E-state index contributed by atoms with van der Waals surface area (Å²) in [6.07, 6.45) is 1.06. The summed E-state index contributed by atoms with van der Waals surface area (Å²) < 4.78 is 25.4. The summed E-state index contributed by atoms with van der Waals surface area (Å²) in [6, 6.07) is 21.8. The Morgan fingerprint density at radius 1 is 0.829 bits per heavy atom. The predicted molar refractivity (Wildman–Crippen MR) is 140 cm³/mol. The molecule has 0 fully saturated rings. The fraction of sp³-hybridized carbons (Fsp3) is 0.259. The van der Waals surface area contributed by atoms with Crippen LogP contribution in [0, 0.1) is 0 Å². The van der Waals surface area contributed by atoms with E-state index in [0.29, 0.717) is 22.5 Å². The monoisotopic (exact) mass is 493 g/mol. The van der Waals surface area contributed by atoms with Crippen LogP contribution in [0.15, 0.2) is 78.9 Å². The molecule has 3 rings (SSSR count). The highest BCUT2D eigenvalue weighted by molar-refractivity contribution is 7.88. The lowest BCUT2D eigenvalue weighted by atomic mass is 9.87. The van der Waals surface area contributed by atoms with E-state index in [9.17, 15) is 18.0 Å². The van der Waals surface area contributed by atoms with Gasteiger partial charge in [-0.05, 0) is 46.9 Å². The zero-order valence-electron chi connectivity index (χ0n) is 20.6. The van der Waals surface area contributed by atoms with E-state index >= 15 is 0 Å². The van der Waals surface area contributed by atoms with E-state index in [2.05, 4.69) is 31.4 Å². The molecule has 1 atom stereocenters. The topological polar surface area (TPSA) is 95.6 Å². The summed E-state index contributed by atoms with van der Waals surface area (Å²) in [5, 5.41) is 5.62. The number of carbonyl (C=O) groups is 2. The van der Waals surface area contributed by atoms with Gasteiger partial charge in [0.25, 0.3) is 5.91 Å². The zero-order valence-corrected chi connectivity index (χ0v) is 21.4. The van der Waals surface area contributed by atoms with Gasteiger partial charge in [-0.1, -0.05) is 69.3 Å². The molecule has 0 radical (unpaired) electrons. The van der Waals surface area contributed by atoms with Crippen LogP contribution in [0.1, 0.15) is 48.3 Å². The van der Waals surface area contributed by atoms with Crippen molar-refractivity contribution in [3.63, 3.8) is 0 Å². The van der Waals surface area contributed by atoms with Crippen molar-refractivity contribution in [2.24, 2.45) is 0 Å². The van der Waals surface area contributed by atoms with E-state index < -0.39 is 22.0 Å². The predicted octanol–water partition coefficient (Wildman–Crippen LogP) is 4.81. The van der Waals surface area contributed by atoms with Gasteiger partial charge in [0.15, 0.2) is 0 Å². The maximum absolute atomic E-state index is 13.2. The molecular weight excluding hydrogens is 462 g/mol. The number of sulfonamides is 1. The summed E-state index contributed by atoms with van der Waals surface area (Å²) >= 11 is 0. The molecule has 7 nitrogen and oxygen atoms in total. The Bertz CT molecular complexity index is 1300. The number of nitrogens with one attached hydrogen (secondary N) is 2. The quantitative estimate of drug-likeness (QED) is 0.494. The number of hydrogen-bond acceptors (Lipinski definition) is 4. The van der Waals surface area contributed by atoms with Crippen molar-refractivity contribution >= 4 is 33.2 Å². The third-order valence-electron chi connectivity index (χ3n) is 5.65. The number of anilines is 2. The number of carbonyl (C=O) groups excluding carboxylic acids is 2. The molecule has 184 valence electrons. The van der Waals surface area contributed by atoms with Gasteiger partial charge >= 0.3 is 0 Å². The first-order valence-corrected chi connectivity index (χ1v) is 13.0. The Morgan fingerprint density at radius 3 is 1.94 bits per heavy atom. The fourth-order valence-corrected chi connectivity index (χ4v) is 4.16. The molecular formula is C27H31N3O4S. The molecule has 8 heteroatoms. The lowest BCUT2D eigenvalue weighted by Crippen LogP contribution is -2.38. The number of nitrogens with zero attached hydrogens (tertiary/aromatic N) is 1. The Hall–Kier alpha value is -3.49. The molecule has 0 aliphatic rings. The lowest BCUT2D eigenvalue weighted by molar-refractivity contribution is -0.119. The summed E-state index contributed by atoms with van der Waals surface area (Å²) in [5.41, 5.74) is 3.11. The Labute approximate surface area is 207 Å². The van der Waals surface area contributed by atoms with Gasteiger partial charge in [-0.25, -0.2) is 8.42 Å². The second kappa shape index (κ2) is 10.4. The van der Waals surface area contributed by atoms with Crippen LogP contribution in [0.3, 0.4) is 0 Å². The minimum absolute atomic E-state index is 0.00959. The first-order chi connectivity index (χ1) is 16.4. The van der Waals surface area contributed by atoms with Crippen LogP contribution in [-0.2, 0) is 20.2 Å². The lowest BCUT2D eigenvalue weighted by Gasteiger charge is -2.25. The molecule has 0 aromatic heterocycles. The zero-order chi connectivity index (χ0) is 25.8. The molecule has 0 spiro atoms. The number of amides is 2. The molecule has 0 saturated heterocycles. The highest BCUT2D eigenvalue weighted by atomic mass is 32.2. The van der Waals surface area contributed by atoms with Crippen molar-refractivity contribution in [3.05, 3.63) is 95.6 Å². The van der Waals surface area contributed by atoms with Crippen LogP contribution in [0.4, 0.5) is 11.4 Å². The van der Waals surface area contributed by atoms with E-state index in [4.69, 9.17) is 0 Å². The van der Waals surface area contributed by atoms with Gasteiger partial charge in [0.2, 0.25) is 15.9 Å². The van der Waals surface area contributed by atoms with E-state index in [1.807, 2.05) is 12.1 Å². The fourth-order valence-electron chi connectivity index (χ4n) is 3.56. The second-order valence-electron chi connectivity index (χ2n) is 9.44. The van der Waals surface area contributed by atoms with E-state index in [0.717, 1.165) is 16.1 Å². The SMILES string of the molecule is CN([C@H](C(=O)Nc1cccc(NC(=O)c2ccc(C(C)(C)C)cc2)c1)c1ccccc1)S(C)(=O)=O. The van der Waals surface area contributed by atoms with E-state index in [1.165, 1.54) is 7.05 Å². The van der Waals surface area contributed by atoms with Crippen LogP contribution in [-0.4, -0.2) is 37.8 Å². The van der Waals surface area contributed by atoms with Crippen LogP contribution in [0.2, 0.25) is 0 Å². The van der Waals surface area contributed by atoms with Gasteiger partial charge in [0.05, 0.1) is 6.26 Å². The largest absolute Gasteiger partial charge is 0.324 e. The highest BCUT2D eigenvalue weighted by Crippen LogP contribution is 2.25. The average molecular weight is 494 g/mol. The molecule has 35 heavy (non-hydrogen) atoms. The molecule has 0 bridgehead atoms. The van der Waals surface area contributed by atoms with E-state index in [1.54, 1.807) is 66.7 Å². The molecule has 2 amide bonds. The van der Waals surface area contributed by atoms with Crippen molar-refractivity contribution in [2.45, 2.75) is 32.2 Å². The third kappa shape index (κ3) is 6.77. The molecule has 0 aliphatic carbocycles. The Kier molecular flexibility index (Phi) is 7.77. The molecule has 2 N–H and O–H groups in total. The Balaban J connectivity index is 1.77. The summed E-state index contributed by atoms with van der Waals surface area (Å²) in [5.74, 6) is -0.779. The van der Waals surface area contributed by atoms with Crippen molar-refractivity contribution in [3.8, 4) is 0 Å². The van der Waals surface area contributed by atoms with Crippen molar-refractivity contribution in [1.82, 2.24) is 4.31 Å². The second-order valence-corrected chi connectivity index (χ2v) is 11.5. The number of likely N-dealkylation sites (N-methyl/N-ethyl adjacent to an activating group) is 1. The van der Waals surface area contributed by atoms with Gasteiger partial charge in [0, 0.05) is 24.0 Å². The van der Waals surface area contributed by atoms with Crippen LogP contribution >= 0.6 is 0 Å². The van der Waals surface area contributed by atoms with Gasteiger partial charge in [-0.3, -0.25) is 9.59 Å². The van der Waals surface area contributed by atoms with Gasteiger partial charge in [0.1, 0.15) is 6.04 Å². The number of hydrogen-bond donors (Lipinski definition) is 2. The van der Waals surface area contributed by atoms with Gasteiger partial charge in [-0.15, -0.1) is 0 Å².